The Morgan fingerprint density at radius 3 is 2.43 bits per heavy atom. The Bertz CT molecular complexity index is 892. The number of ether oxygens (including phenoxy) is 2. The molecule has 2 atom stereocenters. The average Bonchev–Trinajstić information content (AvgIpc) is 3.19. The second-order valence-electron chi connectivity index (χ2n) is 7.97. The van der Waals surface area contributed by atoms with Gasteiger partial charge in [-0.1, -0.05) is 12.8 Å². The molecule has 0 aliphatic heterocycles. The Morgan fingerprint density at radius 2 is 1.79 bits per heavy atom. The molecule has 2 aromatic rings. The van der Waals surface area contributed by atoms with Crippen molar-refractivity contribution in [3.05, 3.63) is 16.3 Å². The summed E-state index contributed by atoms with van der Waals surface area (Å²) in [5.74, 6) is -1.94. The molecule has 1 aliphatic rings. The number of carbonyl (C=O) groups is 3. The number of carbonyl (C=O) groups excluding carboxylic acids is 3. The number of esters is 2. The van der Waals surface area contributed by atoms with Gasteiger partial charge in [0.1, 0.15) is 16.2 Å². The molecule has 0 aromatic carbocycles. The van der Waals surface area contributed by atoms with Crippen molar-refractivity contribution in [3.8, 4) is 0 Å². The molecular formula is C20H25NO5S2. The predicted octanol–water partition coefficient (Wildman–Crippen LogP) is 4.84. The molecule has 6 nitrogen and oxygen atoms in total. The second kappa shape index (κ2) is 8.21. The van der Waals surface area contributed by atoms with Crippen molar-refractivity contribution in [1.82, 2.24) is 0 Å². The van der Waals surface area contributed by atoms with Crippen LogP contribution in [0.3, 0.4) is 0 Å². The largest absolute Gasteiger partial charge is 0.469 e. The zero-order valence-electron chi connectivity index (χ0n) is 16.5. The molecule has 0 radical (unpaired) electrons. The molecule has 1 saturated carbocycles. The Kier molecular flexibility index (Phi) is 6.09. The van der Waals surface area contributed by atoms with Gasteiger partial charge in [0.2, 0.25) is 5.91 Å². The Hall–Kier alpha value is -1.93. The van der Waals surface area contributed by atoms with E-state index in [4.69, 9.17) is 9.47 Å². The van der Waals surface area contributed by atoms with E-state index < -0.39 is 23.4 Å². The quantitative estimate of drug-likeness (QED) is 0.712. The van der Waals surface area contributed by atoms with E-state index in [0.717, 1.165) is 22.9 Å². The molecule has 2 heterocycles. The number of rotatable bonds is 4. The molecule has 2 aromatic heterocycles. The van der Waals surface area contributed by atoms with Gasteiger partial charge in [-0.15, -0.1) is 11.3 Å². The molecule has 8 heteroatoms. The van der Waals surface area contributed by atoms with Gasteiger partial charge in [-0.25, -0.2) is 4.79 Å². The molecule has 3 rings (SSSR count). The number of methoxy groups -OCH3 is 1. The molecule has 1 amide bonds. The molecular weight excluding hydrogens is 398 g/mol. The summed E-state index contributed by atoms with van der Waals surface area (Å²) in [6.07, 6.45) is 3.07. The summed E-state index contributed by atoms with van der Waals surface area (Å²) in [4.78, 5) is 37.9. The van der Waals surface area contributed by atoms with E-state index in [9.17, 15) is 14.4 Å². The van der Waals surface area contributed by atoms with Crippen LogP contribution in [0, 0.1) is 11.8 Å². The molecule has 0 bridgehead atoms. The van der Waals surface area contributed by atoms with Crippen molar-refractivity contribution in [2.45, 2.75) is 52.1 Å². The molecule has 0 spiro atoms. The van der Waals surface area contributed by atoms with Crippen LogP contribution in [0.2, 0.25) is 0 Å². The number of nitrogens with one attached hydrogen (secondary N) is 1. The van der Waals surface area contributed by atoms with Crippen molar-refractivity contribution in [2.24, 2.45) is 11.8 Å². The first kappa shape index (κ1) is 20.8. The maximum Gasteiger partial charge on any atom is 0.342 e. The minimum atomic E-state index is -0.637. The van der Waals surface area contributed by atoms with E-state index in [2.05, 4.69) is 5.32 Å². The van der Waals surface area contributed by atoms with Crippen LogP contribution in [0.4, 0.5) is 5.00 Å². The Labute approximate surface area is 172 Å². The van der Waals surface area contributed by atoms with E-state index >= 15 is 0 Å². The van der Waals surface area contributed by atoms with Crippen LogP contribution in [-0.4, -0.2) is 30.6 Å². The van der Waals surface area contributed by atoms with Gasteiger partial charge in [-0.05, 0) is 33.6 Å². The highest BCUT2D eigenvalue weighted by atomic mass is 32.1. The third-order valence-electron chi connectivity index (χ3n) is 4.78. The summed E-state index contributed by atoms with van der Waals surface area (Å²) in [6.45, 7) is 5.43. The van der Waals surface area contributed by atoms with E-state index in [1.807, 2.05) is 31.5 Å². The van der Waals surface area contributed by atoms with Crippen molar-refractivity contribution in [2.75, 3.05) is 12.4 Å². The van der Waals surface area contributed by atoms with Crippen molar-refractivity contribution in [3.63, 3.8) is 0 Å². The van der Waals surface area contributed by atoms with Gasteiger partial charge in [-0.2, -0.15) is 11.3 Å². The number of hydrogen-bond acceptors (Lipinski definition) is 7. The van der Waals surface area contributed by atoms with E-state index in [1.54, 1.807) is 0 Å². The molecule has 1 fully saturated rings. The van der Waals surface area contributed by atoms with Gasteiger partial charge < -0.3 is 14.8 Å². The van der Waals surface area contributed by atoms with E-state index in [0.29, 0.717) is 23.4 Å². The van der Waals surface area contributed by atoms with E-state index in [-0.39, 0.29) is 11.9 Å². The van der Waals surface area contributed by atoms with Crippen LogP contribution in [0.25, 0.3) is 10.1 Å². The number of fused-ring (bicyclic) bond motifs is 1. The zero-order valence-corrected chi connectivity index (χ0v) is 18.1. The zero-order chi connectivity index (χ0) is 20.5. The summed E-state index contributed by atoms with van der Waals surface area (Å²) in [5.41, 5.74) is -0.253. The molecule has 2 unspecified atom stereocenters. The van der Waals surface area contributed by atoms with Crippen molar-refractivity contribution >= 4 is 55.6 Å². The summed E-state index contributed by atoms with van der Waals surface area (Å²) in [6, 6.07) is 0. The van der Waals surface area contributed by atoms with Crippen LogP contribution < -0.4 is 5.32 Å². The smallest absolute Gasteiger partial charge is 0.342 e. The molecule has 152 valence electrons. The lowest BCUT2D eigenvalue weighted by Gasteiger charge is -2.28. The van der Waals surface area contributed by atoms with Crippen LogP contribution in [0.5, 0.6) is 0 Å². The molecule has 28 heavy (non-hydrogen) atoms. The van der Waals surface area contributed by atoms with Gasteiger partial charge in [0.25, 0.3) is 0 Å². The van der Waals surface area contributed by atoms with Crippen LogP contribution >= 0.6 is 22.7 Å². The van der Waals surface area contributed by atoms with Crippen LogP contribution in [0.15, 0.2) is 10.8 Å². The number of amides is 1. The minimum absolute atomic E-state index is 0.243. The summed E-state index contributed by atoms with van der Waals surface area (Å²) in [5, 5.41) is 8.00. The van der Waals surface area contributed by atoms with Crippen molar-refractivity contribution < 1.29 is 23.9 Å². The summed E-state index contributed by atoms with van der Waals surface area (Å²) >= 11 is 2.85. The first-order valence-corrected chi connectivity index (χ1v) is 11.1. The monoisotopic (exact) mass is 423 g/mol. The van der Waals surface area contributed by atoms with Gasteiger partial charge >= 0.3 is 11.9 Å². The standard InChI is InChI=1S/C20H25NO5S2/c1-20(2,3)26-19(24)15-13-9-27-10-14(13)28-17(15)21-16(22)11-7-5-6-8-12(11)18(23)25-4/h9-12H,5-8H2,1-4H3,(H,21,22). The number of anilines is 1. The van der Waals surface area contributed by atoms with Crippen LogP contribution in [0.1, 0.15) is 56.8 Å². The first-order valence-electron chi connectivity index (χ1n) is 9.32. The normalized spacial score (nSPS) is 20.0. The number of hydrogen-bond donors (Lipinski definition) is 1. The lowest BCUT2D eigenvalue weighted by Crippen LogP contribution is -2.36. The maximum absolute atomic E-state index is 13.0. The molecule has 1 aliphatic carbocycles. The second-order valence-corrected chi connectivity index (χ2v) is 9.76. The highest BCUT2D eigenvalue weighted by Crippen LogP contribution is 2.40. The lowest BCUT2D eigenvalue weighted by atomic mass is 9.78. The van der Waals surface area contributed by atoms with E-state index in [1.165, 1.54) is 29.8 Å². The third-order valence-corrected chi connectivity index (χ3v) is 6.74. The third kappa shape index (κ3) is 4.38. The minimum Gasteiger partial charge on any atom is -0.469 e. The Morgan fingerprint density at radius 1 is 1.11 bits per heavy atom. The average molecular weight is 424 g/mol. The van der Waals surface area contributed by atoms with Crippen LogP contribution in [-0.2, 0) is 19.1 Å². The van der Waals surface area contributed by atoms with Gasteiger partial charge in [-0.3, -0.25) is 9.59 Å². The highest BCUT2D eigenvalue weighted by Gasteiger charge is 2.37. The fourth-order valence-corrected chi connectivity index (χ4v) is 5.60. The predicted molar refractivity (Wildman–Crippen MR) is 111 cm³/mol. The fourth-order valence-electron chi connectivity index (χ4n) is 3.53. The van der Waals surface area contributed by atoms with Crippen molar-refractivity contribution in [1.29, 1.82) is 0 Å². The lowest BCUT2D eigenvalue weighted by molar-refractivity contribution is -0.151. The summed E-state index contributed by atoms with van der Waals surface area (Å²) < 4.78 is 11.4. The summed E-state index contributed by atoms with van der Waals surface area (Å²) in [7, 11) is 1.35. The van der Waals surface area contributed by atoms with Gasteiger partial charge in [0, 0.05) is 20.8 Å². The SMILES string of the molecule is COC(=O)C1CCCCC1C(=O)Nc1sc2cscc2c1C(=O)OC(C)(C)C. The Balaban J connectivity index is 1.88. The molecule has 1 N–H and O–H groups in total. The fraction of sp³-hybridized carbons (Fsp3) is 0.550. The first-order chi connectivity index (χ1) is 13.2. The molecule has 0 saturated heterocycles. The topological polar surface area (TPSA) is 81.7 Å². The van der Waals surface area contributed by atoms with Gasteiger partial charge in [0.15, 0.2) is 0 Å². The van der Waals surface area contributed by atoms with Gasteiger partial charge in [0.05, 0.1) is 18.9 Å². The highest BCUT2D eigenvalue weighted by molar-refractivity contribution is 7.26. The number of thiophene rings is 2. The maximum atomic E-state index is 13.0.